The standard InChI is InChI=1S/C22H26F2N2O2/c1-28-10-9-25-22(27)19-11-18(16-5-3-2-4-6-16)14-26(15-19)13-17-7-8-20(23)12-21(17)24/h2-8,12,18-19H,9-11,13-15H2,1H3,(H,25,27). The molecule has 1 N–H and O–H groups in total. The monoisotopic (exact) mass is 388 g/mol. The summed E-state index contributed by atoms with van der Waals surface area (Å²) in [7, 11) is 1.59. The number of amides is 1. The quantitative estimate of drug-likeness (QED) is 0.740. The number of ether oxygens (including phenoxy) is 1. The summed E-state index contributed by atoms with van der Waals surface area (Å²) in [6.45, 7) is 2.54. The first-order valence-electron chi connectivity index (χ1n) is 9.54. The van der Waals surface area contributed by atoms with Crippen molar-refractivity contribution in [3.8, 4) is 0 Å². The van der Waals surface area contributed by atoms with Crippen molar-refractivity contribution < 1.29 is 18.3 Å². The number of hydrogen-bond donors (Lipinski definition) is 1. The number of likely N-dealkylation sites (tertiary alicyclic amines) is 1. The van der Waals surface area contributed by atoms with E-state index in [1.165, 1.54) is 17.7 Å². The highest BCUT2D eigenvalue weighted by molar-refractivity contribution is 5.79. The molecule has 0 aliphatic carbocycles. The molecule has 4 nitrogen and oxygen atoms in total. The van der Waals surface area contributed by atoms with Crippen LogP contribution < -0.4 is 5.32 Å². The van der Waals surface area contributed by atoms with Gasteiger partial charge in [0.1, 0.15) is 11.6 Å². The number of carbonyl (C=O) groups excluding carboxylic acids is 1. The maximum absolute atomic E-state index is 14.1. The third-order valence-electron chi connectivity index (χ3n) is 5.18. The van der Waals surface area contributed by atoms with Gasteiger partial charge in [-0.25, -0.2) is 8.78 Å². The van der Waals surface area contributed by atoms with Crippen LogP contribution in [0.15, 0.2) is 48.5 Å². The minimum Gasteiger partial charge on any atom is -0.383 e. The lowest BCUT2D eigenvalue weighted by atomic mass is 9.84. The van der Waals surface area contributed by atoms with Crippen LogP contribution >= 0.6 is 0 Å². The van der Waals surface area contributed by atoms with Crippen molar-refractivity contribution in [3.63, 3.8) is 0 Å². The van der Waals surface area contributed by atoms with Crippen molar-refractivity contribution in [1.29, 1.82) is 0 Å². The van der Waals surface area contributed by atoms with Gasteiger partial charge in [-0.1, -0.05) is 36.4 Å². The second kappa shape index (κ2) is 9.75. The molecule has 150 valence electrons. The predicted molar refractivity (Wildman–Crippen MR) is 104 cm³/mol. The van der Waals surface area contributed by atoms with E-state index >= 15 is 0 Å². The third-order valence-corrected chi connectivity index (χ3v) is 5.18. The molecular weight excluding hydrogens is 362 g/mol. The van der Waals surface area contributed by atoms with E-state index in [2.05, 4.69) is 22.3 Å². The van der Waals surface area contributed by atoms with E-state index in [1.807, 2.05) is 18.2 Å². The fraction of sp³-hybridized carbons (Fsp3) is 0.409. The van der Waals surface area contributed by atoms with E-state index in [1.54, 1.807) is 7.11 Å². The number of benzene rings is 2. The zero-order chi connectivity index (χ0) is 19.9. The molecule has 0 saturated carbocycles. The first kappa shape index (κ1) is 20.4. The molecule has 2 aromatic carbocycles. The molecule has 2 atom stereocenters. The molecule has 2 aromatic rings. The smallest absolute Gasteiger partial charge is 0.224 e. The number of nitrogens with zero attached hydrogens (tertiary/aromatic N) is 1. The highest BCUT2D eigenvalue weighted by Gasteiger charge is 2.32. The maximum atomic E-state index is 14.1. The van der Waals surface area contributed by atoms with E-state index in [0.29, 0.717) is 31.8 Å². The van der Waals surface area contributed by atoms with E-state index in [9.17, 15) is 13.6 Å². The molecular formula is C22H26F2N2O2. The van der Waals surface area contributed by atoms with Crippen LogP contribution in [0.5, 0.6) is 0 Å². The second-order valence-corrected chi connectivity index (χ2v) is 7.25. The zero-order valence-corrected chi connectivity index (χ0v) is 16.0. The van der Waals surface area contributed by atoms with Crippen LogP contribution in [0.2, 0.25) is 0 Å². The lowest BCUT2D eigenvalue weighted by Gasteiger charge is -2.37. The molecule has 0 bridgehead atoms. The maximum Gasteiger partial charge on any atom is 0.224 e. The summed E-state index contributed by atoms with van der Waals surface area (Å²) >= 11 is 0. The lowest BCUT2D eigenvalue weighted by molar-refractivity contribution is -0.127. The van der Waals surface area contributed by atoms with Gasteiger partial charge in [0.15, 0.2) is 0 Å². The molecule has 1 fully saturated rings. The van der Waals surface area contributed by atoms with Gasteiger partial charge in [0.2, 0.25) is 5.91 Å². The Morgan fingerprint density at radius 3 is 2.68 bits per heavy atom. The van der Waals surface area contributed by atoms with Crippen LogP contribution in [0.1, 0.15) is 23.5 Å². The van der Waals surface area contributed by atoms with E-state index in [0.717, 1.165) is 19.0 Å². The van der Waals surface area contributed by atoms with Gasteiger partial charge < -0.3 is 10.1 Å². The molecule has 3 rings (SSSR count). The fourth-order valence-corrected chi connectivity index (χ4v) is 3.79. The van der Waals surface area contributed by atoms with Crippen LogP contribution in [-0.4, -0.2) is 44.2 Å². The molecule has 0 radical (unpaired) electrons. The highest BCUT2D eigenvalue weighted by Crippen LogP contribution is 2.31. The summed E-state index contributed by atoms with van der Waals surface area (Å²) in [6.07, 6.45) is 0.741. The highest BCUT2D eigenvalue weighted by atomic mass is 19.1. The number of carbonyl (C=O) groups is 1. The summed E-state index contributed by atoms with van der Waals surface area (Å²) in [6, 6.07) is 13.7. The van der Waals surface area contributed by atoms with Crippen molar-refractivity contribution in [3.05, 3.63) is 71.3 Å². The molecule has 1 heterocycles. The molecule has 1 saturated heterocycles. The number of halogens is 2. The van der Waals surface area contributed by atoms with Gasteiger partial charge in [-0.15, -0.1) is 0 Å². The average Bonchev–Trinajstić information content (AvgIpc) is 2.70. The number of piperidine rings is 1. The Morgan fingerprint density at radius 2 is 1.96 bits per heavy atom. The third kappa shape index (κ3) is 5.36. The van der Waals surface area contributed by atoms with Gasteiger partial charge in [-0.2, -0.15) is 0 Å². The molecule has 6 heteroatoms. The van der Waals surface area contributed by atoms with Crippen LogP contribution in [0.4, 0.5) is 8.78 Å². The van der Waals surface area contributed by atoms with Crippen molar-refractivity contribution in [1.82, 2.24) is 10.2 Å². The van der Waals surface area contributed by atoms with Gasteiger partial charge in [-0.3, -0.25) is 9.69 Å². The Labute approximate surface area is 164 Å². The van der Waals surface area contributed by atoms with Crippen LogP contribution in [0.3, 0.4) is 0 Å². The van der Waals surface area contributed by atoms with Gasteiger partial charge in [0.25, 0.3) is 0 Å². The minimum absolute atomic E-state index is 0.0118. The van der Waals surface area contributed by atoms with Crippen LogP contribution in [-0.2, 0) is 16.1 Å². The van der Waals surface area contributed by atoms with Crippen LogP contribution in [0.25, 0.3) is 0 Å². The Morgan fingerprint density at radius 1 is 1.18 bits per heavy atom. The molecule has 28 heavy (non-hydrogen) atoms. The van der Waals surface area contributed by atoms with Gasteiger partial charge in [0, 0.05) is 44.9 Å². The Kier molecular flexibility index (Phi) is 7.12. The topological polar surface area (TPSA) is 41.6 Å². The summed E-state index contributed by atoms with van der Waals surface area (Å²) in [5.41, 5.74) is 1.61. The normalized spacial score (nSPS) is 20.1. The largest absolute Gasteiger partial charge is 0.383 e. The van der Waals surface area contributed by atoms with Crippen molar-refractivity contribution in [2.45, 2.75) is 18.9 Å². The summed E-state index contributed by atoms with van der Waals surface area (Å²) in [5, 5.41) is 2.91. The fourth-order valence-electron chi connectivity index (χ4n) is 3.79. The molecule has 0 aromatic heterocycles. The number of methoxy groups -OCH3 is 1. The van der Waals surface area contributed by atoms with Crippen molar-refractivity contribution in [2.24, 2.45) is 5.92 Å². The summed E-state index contributed by atoms with van der Waals surface area (Å²) in [5.74, 6) is -1.17. The summed E-state index contributed by atoms with van der Waals surface area (Å²) < 4.78 is 32.3. The number of rotatable bonds is 7. The SMILES string of the molecule is COCCNC(=O)C1CC(c2ccccc2)CN(Cc2ccc(F)cc2F)C1. The zero-order valence-electron chi connectivity index (χ0n) is 16.0. The average molecular weight is 388 g/mol. The Bertz CT molecular complexity index is 785. The number of hydrogen-bond acceptors (Lipinski definition) is 3. The predicted octanol–water partition coefficient (Wildman–Crippen LogP) is 3.33. The van der Waals surface area contributed by atoms with Crippen LogP contribution in [0, 0.1) is 17.6 Å². The van der Waals surface area contributed by atoms with Gasteiger partial charge in [-0.05, 0) is 24.0 Å². The minimum atomic E-state index is -0.586. The summed E-state index contributed by atoms with van der Waals surface area (Å²) in [4.78, 5) is 14.7. The molecule has 1 aliphatic heterocycles. The first-order chi connectivity index (χ1) is 13.6. The molecule has 2 unspecified atom stereocenters. The Balaban J connectivity index is 1.75. The van der Waals surface area contributed by atoms with Gasteiger partial charge >= 0.3 is 0 Å². The molecule has 0 spiro atoms. The van der Waals surface area contributed by atoms with E-state index < -0.39 is 11.6 Å². The first-order valence-corrected chi connectivity index (χ1v) is 9.54. The van der Waals surface area contributed by atoms with Crippen molar-refractivity contribution in [2.75, 3.05) is 33.4 Å². The molecule has 1 aliphatic rings. The second-order valence-electron chi connectivity index (χ2n) is 7.25. The van der Waals surface area contributed by atoms with E-state index in [-0.39, 0.29) is 17.7 Å². The number of nitrogens with one attached hydrogen (secondary N) is 1. The molecule has 1 amide bonds. The van der Waals surface area contributed by atoms with E-state index in [4.69, 9.17) is 4.74 Å². The van der Waals surface area contributed by atoms with Gasteiger partial charge in [0.05, 0.1) is 12.5 Å². The van der Waals surface area contributed by atoms with Crippen molar-refractivity contribution >= 4 is 5.91 Å². The lowest BCUT2D eigenvalue weighted by Crippen LogP contribution is -2.46. The Hall–Kier alpha value is -2.31.